The van der Waals surface area contributed by atoms with E-state index in [1.54, 1.807) is 18.1 Å². The maximum atomic E-state index is 8.94. The Balaban J connectivity index is 2.97. The Bertz CT molecular complexity index is 358. The van der Waals surface area contributed by atoms with Crippen molar-refractivity contribution in [3.05, 3.63) is 11.9 Å². The van der Waals surface area contributed by atoms with E-state index in [2.05, 4.69) is 36.1 Å². The fourth-order valence-electron chi connectivity index (χ4n) is 1.62. The highest BCUT2D eigenvalue weighted by Gasteiger charge is 2.16. The summed E-state index contributed by atoms with van der Waals surface area (Å²) in [4.78, 5) is 8.61. The van der Waals surface area contributed by atoms with Crippen molar-refractivity contribution < 1.29 is 5.11 Å². The molecule has 1 heterocycles. The van der Waals surface area contributed by atoms with Crippen LogP contribution in [0, 0.1) is 0 Å². The molecule has 0 aliphatic carbocycles. The molecular weight excluding hydrogens is 234 g/mol. The van der Waals surface area contributed by atoms with Crippen LogP contribution in [-0.2, 0) is 0 Å². The summed E-state index contributed by atoms with van der Waals surface area (Å²) in [6.07, 6.45) is 2.37. The molecule has 1 unspecified atom stereocenters. The Hall–Kier alpha value is -0.810. The van der Waals surface area contributed by atoms with Crippen LogP contribution in [0.3, 0.4) is 0 Å². The Labute approximate surface area is 107 Å². The minimum absolute atomic E-state index is 0.217. The molecule has 0 spiro atoms. The van der Waals surface area contributed by atoms with Crippen LogP contribution in [0.25, 0.3) is 0 Å². The van der Waals surface area contributed by atoms with Crippen LogP contribution in [-0.4, -0.2) is 34.0 Å². The SMILES string of the molecule is CNc1ncnc(SC(C)CCO)c1C(C)C. The number of rotatable bonds is 6. The highest BCUT2D eigenvalue weighted by Crippen LogP contribution is 2.33. The highest BCUT2D eigenvalue weighted by atomic mass is 32.2. The molecule has 0 aromatic carbocycles. The van der Waals surface area contributed by atoms with Crippen LogP contribution in [0.1, 0.15) is 38.7 Å². The quantitative estimate of drug-likeness (QED) is 0.604. The van der Waals surface area contributed by atoms with Crippen molar-refractivity contribution in [1.82, 2.24) is 9.97 Å². The average molecular weight is 255 g/mol. The van der Waals surface area contributed by atoms with Crippen LogP contribution in [0.15, 0.2) is 11.4 Å². The maximum Gasteiger partial charge on any atom is 0.133 e. The molecule has 0 amide bonds. The Morgan fingerprint density at radius 3 is 2.59 bits per heavy atom. The molecule has 1 aromatic heterocycles. The molecule has 0 aliphatic rings. The molecule has 0 saturated carbocycles. The molecule has 0 aliphatic heterocycles. The van der Waals surface area contributed by atoms with Gasteiger partial charge in [0.25, 0.3) is 0 Å². The fraction of sp³-hybridized carbons (Fsp3) is 0.667. The van der Waals surface area contributed by atoms with E-state index in [9.17, 15) is 0 Å². The summed E-state index contributed by atoms with van der Waals surface area (Å²) in [5, 5.41) is 13.4. The van der Waals surface area contributed by atoms with Crippen molar-refractivity contribution in [3.63, 3.8) is 0 Å². The van der Waals surface area contributed by atoms with Gasteiger partial charge in [0.1, 0.15) is 17.2 Å². The van der Waals surface area contributed by atoms with Gasteiger partial charge in [-0.2, -0.15) is 0 Å². The minimum atomic E-state index is 0.217. The van der Waals surface area contributed by atoms with Crippen LogP contribution in [0.5, 0.6) is 0 Å². The normalized spacial score (nSPS) is 12.8. The number of nitrogens with zero attached hydrogens (tertiary/aromatic N) is 2. The van der Waals surface area contributed by atoms with Gasteiger partial charge in [-0.1, -0.05) is 20.8 Å². The fourth-order valence-corrected chi connectivity index (χ4v) is 2.80. The zero-order valence-electron chi connectivity index (χ0n) is 10.9. The smallest absolute Gasteiger partial charge is 0.133 e. The van der Waals surface area contributed by atoms with Crippen molar-refractivity contribution in [3.8, 4) is 0 Å². The van der Waals surface area contributed by atoms with Gasteiger partial charge in [0.2, 0.25) is 0 Å². The topological polar surface area (TPSA) is 58.0 Å². The summed E-state index contributed by atoms with van der Waals surface area (Å²) in [6, 6.07) is 0. The largest absolute Gasteiger partial charge is 0.396 e. The number of anilines is 1. The number of aliphatic hydroxyl groups is 1. The second kappa shape index (κ2) is 6.81. The molecule has 0 radical (unpaired) electrons. The second-order valence-corrected chi connectivity index (χ2v) is 5.71. The lowest BCUT2D eigenvalue weighted by Crippen LogP contribution is -2.07. The number of aliphatic hydroxyl groups excluding tert-OH is 1. The molecule has 4 nitrogen and oxygen atoms in total. The molecule has 1 aromatic rings. The van der Waals surface area contributed by atoms with Crippen molar-refractivity contribution >= 4 is 17.6 Å². The Morgan fingerprint density at radius 2 is 2.06 bits per heavy atom. The maximum absolute atomic E-state index is 8.94. The van der Waals surface area contributed by atoms with Gasteiger partial charge >= 0.3 is 0 Å². The van der Waals surface area contributed by atoms with E-state index in [1.807, 2.05) is 7.05 Å². The molecule has 1 atom stereocenters. The first kappa shape index (κ1) is 14.3. The standard InChI is InChI=1S/C12H21N3OS/c1-8(2)10-11(13-4)14-7-15-12(10)17-9(3)5-6-16/h7-9,16H,5-6H2,1-4H3,(H,13,14,15). The van der Waals surface area contributed by atoms with E-state index in [0.717, 1.165) is 22.8 Å². The average Bonchev–Trinajstić information content (AvgIpc) is 2.28. The third-order valence-corrected chi connectivity index (χ3v) is 3.70. The van der Waals surface area contributed by atoms with Crippen molar-refractivity contribution in [1.29, 1.82) is 0 Å². The van der Waals surface area contributed by atoms with E-state index in [-0.39, 0.29) is 6.61 Å². The van der Waals surface area contributed by atoms with Gasteiger partial charge in [0.15, 0.2) is 0 Å². The number of hydrogen-bond acceptors (Lipinski definition) is 5. The predicted octanol–water partition coefficient (Wildman–Crippen LogP) is 2.50. The second-order valence-electron chi connectivity index (χ2n) is 4.29. The van der Waals surface area contributed by atoms with Crippen LogP contribution < -0.4 is 5.32 Å². The lowest BCUT2D eigenvalue weighted by Gasteiger charge is -2.17. The summed E-state index contributed by atoms with van der Waals surface area (Å²) in [6.45, 7) is 6.60. The van der Waals surface area contributed by atoms with Gasteiger partial charge in [-0.05, 0) is 12.3 Å². The van der Waals surface area contributed by atoms with Crippen LogP contribution in [0.2, 0.25) is 0 Å². The highest BCUT2D eigenvalue weighted by molar-refractivity contribution is 7.99. The van der Waals surface area contributed by atoms with Crippen molar-refractivity contribution in [2.45, 2.75) is 43.4 Å². The van der Waals surface area contributed by atoms with Gasteiger partial charge < -0.3 is 10.4 Å². The summed E-state index contributed by atoms with van der Waals surface area (Å²) in [5.41, 5.74) is 1.16. The molecule has 96 valence electrons. The first-order valence-electron chi connectivity index (χ1n) is 5.90. The van der Waals surface area contributed by atoms with E-state index in [1.165, 1.54) is 0 Å². The zero-order valence-corrected chi connectivity index (χ0v) is 11.7. The van der Waals surface area contributed by atoms with E-state index in [0.29, 0.717) is 11.2 Å². The van der Waals surface area contributed by atoms with E-state index < -0.39 is 0 Å². The van der Waals surface area contributed by atoms with Gasteiger partial charge in [0, 0.05) is 24.5 Å². The summed E-state index contributed by atoms with van der Waals surface area (Å²) >= 11 is 1.70. The van der Waals surface area contributed by atoms with Crippen molar-refractivity contribution in [2.75, 3.05) is 19.0 Å². The molecule has 17 heavy (non-hydrogen) atoms. The molecule has 0 fully saturated rings. The number of nitrogens with one attached hydrogen (secondary N) is 1. The molecule has 5 heteroatoms. The predicted molar refractivity (Wildman–Crippen MR) is 72.7 cm³/mol. The molecule has 0 saturated heterocycles. The Kier molecular flexibility index (Phi) is 5.71. The first-order valence-corrected chi connectivity index (χ1v) is 6.78. The first-order chi connectivity index (χ1) is 8.10. The van der Waals surface area contributed by atoms with E-state index in [4.69, 9.17) is 5.11 Å². The summed E-state index contributed by atoms with van der Waals surface area (Å²) in [5.74, 6) is 1.27. The van der Waals surface area contributed by atoms with Crippen LogP contribution in [0.4, 0.5) is 5.82 Å². The third-order valence-electron chi connectivity index (χ3n) is 2.51. The number of aromatic nitrogens is 2. The number of thioether (sulfide) groups is 1. The number of hydrogen-bond donors (Lipinski definition) is 2. The zero-order chi connectivity index (χ0) is 12.8. The van der Waals surface area contributed by atoms with Crippen LogP contribution >= 0.6 is 11.8 Å². The lowest BCUT2D eigenvalue weighted by molar-refractivity contribution is 0.289. The lowest BCUT2D eigenvalue weighted by atomic mass is 10.1. The molecule has 0 bridgehead atoms. The summed E-state index contributed by atoms with van der Waals surface area (Å²) < 4.78 is 0. The van der Waals surface area contributed by atoms with Gasteiger partial charge in [-0.3, -0.25) is 0 Å². The molecule has 1 rings (SSSR count). The molecule has 2 N–H and O–H groups in total. The van der Waals surface area contributed by atoms with Gasteiger partial charge in [-0.25, -0.2) is 9.97 Å². The van der Waals surface area contributed by atoms with E-state index >= 15 is 0 Å². The minimum Gasteiger partial charge on any atom is -0.396 e. The Morgan fingerprint density at radius 1 is 1.35 bits per heavy atom. The third kappa shape index (κ3) is 3.85. The summed E-state index contributed by atoms with van der Waals surface area (Å²) in [7, 11) is 1.87. The van der Waals surface area contributed by atoms with Gasteiger partial charge in [0.05, 0.1) is 0 Å². The van der Waals surface area contributed by atoms with Crippen molar-refractivity contribution in [2.24, 2.45) is 0 Å². The monoisotopic (exact) mass is 255 g/mol. The van der Waals surface area contributed by atoms with Gasteiger partial charge in [-0.15, -0.1) is 11.8 Å². The molecular formula is C12H21N3OS.